The normalized spacial score (nSPS) is 25.6. The van der Waals surface area contributed by atoms with Crippen LogP contribution >= 0.6 is 0 Å². The summed E-state index contributed by atoms with van der Waals surface area (Å²) in [4.78, 5) is 10.5. The lowest BCUT2D eigenvalue weighted by Crippen LogP contribution is -2.16. The highest BCUT2D eigenvalue weighted by Gasteiger charge is 2.29. The molecular weight excluding hydrogens is 194 g/mol. The number of carboxylic acid groups (broad SMARTS) is 1. The van der Waals surface area contributed by atoms with Crippen molar-refractivity contribution in [2.24, 2.45) is 5.92 Å². The van der Waals surface area contributed by atoms with Gasteiger partial charge in [-0.1, -0.05) is 11.6 Å². The van der Waals surface area contributed by atoms with E-state index in [0.717, 1.165) is 25.7 Å². The van der Waals surface area contributed by atoms with Crippen molar-refractivity contribution < 1.29 is 9.90 Å². The first-order chi connectivity index (χ1) is 7.27. The highest BCUT2D eigenvalue weighted by molar-refractivity contribution is 5.66. The van der Waals surface area contributed by atoms with E-state index in [-0.39, 0.29) is 6.42 Å². The van der Waals surface area contributed by atoms with E-state index in [2.05, 4.69) is 10.3 Å². The highest BCUT2D eigenvalue weighted by atomic mass is 16.4. The molecule has 0 spiro atoms. The molecule has 0 aliphatic heterocycles. The van der Waals surface area contributed by atoms with Crippen LogP contribution in [0.2, 0.25) is 0 Å². The number of hydrogen-bond donors (Lipinski definition) is 1. The molecule has 1 aliphatic carbocycles. The Morgan fingerprint density at radius 1 is 1.53 bits per heavy atom. The summed E-state index contributed by atoms with van der Waals surface area (Å²) >= 11 is 0. The zero-order chi connectivity index (χ0) is 10.7. The van der Waals surface area contributed by atoms with Gasteiger partial charge in [0.05, 0.1) is 12.2 Å². The zero-order valence-corrected chi connectivity index (χ0v) is 8.54. The second-order valence-electron chi connectivity index (χ2n) is 4.07. The molecule has 0 amide bonds. The number of aromatic nitrogens is 3. The minimum Gasteiger partial charge on any atom is -0.481 e. The summed E-state index contributed by atoms with van der Waals surface area (Å²) < 4.78 is 1.87. The lowest BCUT2D eigenvalue weighted by molar-refractivity contribution is -0.137. The van der Waals surface area contributed by atoms with Crippen molar-refractivity contribution in [3.8, 4) is 0 Å². The summed E-state index contributed by atoms with van der Waals surface area (Å²) in [5.74, 6) is -0.262. The zero-order valence-electron chi connectivity index (χ0n) is 8.54. The van der Waals surface area contributed by atoms with Gasteiger partial charge < -0.3 is 5.11 Å². The van der Waals surface area contributed by atoms with E-state index in [0.29, 0.717) is 12.0 Å². The lowest BCUT2D eigenvalue weighted by atomic mass is 9.98. The Morgan fingerprint density at radius 2 is 2.40 bits per heavy atom. The molecule has 0 bridgehead atoms. The molecule has 1 heterocycles. The van der Waals surface area contributed by atoms with Gasteiger partial charge in [-0.3, -0.25) is 4.79 Å². The molecule has 1 N–H and O–H groups in total. The smallest absolute Gasteiger partial charge is 0.303 e. The van der Waals surface area contributed by atoms with Gasteiger partial charge in [0.15, 0.2) is 0 Å². The van der Waals surface area contributed by atoms with Gasteiger partial charge in [0.1, 0.15) is 0 Å². The van der Waals surface area contributed by atoms with Crippen LogP contribution in [-0.2, 0) is 4.79 Å². The van der Waals surface area contributed by atoms with Crippen LogP contribution in [0.4, 0.5) is 0 Å². The Hall–Kier alpha value is -1.39. The minimum atomic E-state index is -0.709. The maximum absolute atomic E-state index is 10.5. The highest BCUT2D eigenvalue weighted by Crippen LogP contribution is 2.37. The Balaban J connectivity index is 1.96. The third-order valence-electron chi connectivity index (χ3n) is 3.13. The quantitative estimate of drug-likeness (QED) is 0.815. The fourth-order valence-electron chi connectivity index (χ4n) is 2.41. The lowest BCUT2D eigenvalue weighted by Gasteiger charge is -2.18. The summed E-state index contributed by atoms with van der Waals surface area (Å²) in [6.45, 7) is 0. The summed E-state index contributed by atoms with van der Waals surface area (Å²) in [5, 5.41) is 16.4. The van der Waals surface area contributed by atoms with Gasteiger partial charge in [-0.05, 0) is 25.2 Å². The van der Waals surface area contributed by atoms with Gasteiger partial charge in [-0.2, -0.15) is 0 Å². The van der Waals surface area contributed by atoms with Crippen molar-refractivity contribution in [1.82, 2.24) is 15.0 Å². The summed E-state index contributed by atoms with van der Waals surface area (Å²) in [6, 6.07) is 0.354. The predicted molar refractivity (Wildman–Crippen MR) is 53.3 cm³/mol. The molecule has 0 radical (unpaired) electrons. The Bertz CT molecular complexity index is 323. The fourth-order valence-corrected chi connectivity index (χ4v) is 2.41. The first-order valence-electron chi connectivity index (χ1n) is 5.35. The molecule has 1 aromatic heterocycles. The van der Waals surface area contributed by atoms with Gasteiger partial charge in [-0.15, -0.1) is 5.10 Å². The van der Waals surface area contributed by atoms with Gasteiger partial charge in [-0.25, -0.2) is 4.68 Å². The molecule has 5 heteroatoms. The third kappa shape index (κ3) is 2.34. The van der Waals surface area contributed by atoms with Crippen molar-refractivity contribution in [1.29, 1.82) is 0 Å². The van der Waals surface area contributed by atoms with Crippen LogP contribution in [0.5, 0.6) is 0 Å². The van der Waals surface area contributed by atoms with Gasteiger partial charge >= 0.3 is 5.97 Å². The second kappa shape index (κ2) is 4.42. The molecule has 0 aromatic carbocycles. The second-order valence-corrected chi connectivity index (χ2v) is 4.07. The Labute approximate surface area is 88.1 Å². The summed E-state index contributed by atoms with van der Waals surface area (Å²) in [5.41, 5.74) is 0. The number of carbonyl (C=O) groups is 1. The maximum atomic E-state index is 10.5. The molecule has 2 atom stereocenters. The van der Waals surface area contributed by atoms with E-state index < -0.39 is 5.97 Å². The number of nitrogens with zero attached hydrogens (tertiary/aromatic N) is 3. The van der Waals surface area contributed by atoms with Crippen LogP contribution < -0.4 is 0 Å². The van der Waals surface area contributed by atoms with Crippen molar-refractivity contribution in [3.05, 3.63) is 12.4 Å². The standard InChI is InChI=1S/C10H15N3O2/c14-10(15)5-4-8-2-1-3-9(8)13-7-6-11-12-13/h6-9H,1-5H2,(H,14,15). The topological polar surface area (TPSA) is 68.0 Å². The molecule has 2 rings (SSSR count). The molecule has 0 saturated heterocycles. The SMILES string of the molecule is O=C(O)CCC1CCCC1n1ccnn1. The summed E-state index contributed by atoms with van der Waals surface area (Å²) in [6.07, 6.45) is 7.91. The molecule has 2 unspecified atom stereocenters. The first-order valence-corrected chi connectivity index (χ1v) is 5.35. The predicted octanol–water partition coefficient (Wildman–Crippen LogP) is 1.48. The largest absolute Gasteiger partial charge is 0.481 e. The van der Waals surface area contributed by atoms with Crippen molar-refractivity contribution in [2.45, 2.75) is 38.1 Å². The van der Waals surface area contributed by atoms with E-state index in [1.54, 1.807) is 6.20 Å². The number of aliphatic carboxylic acids is 1. The van der Waals surface area contributed by atoms with E-state index in [1.165, 1.54) is 0 Å². The Kier molecular flexibility index (Phi) is 2.99. The molecule has 82 valence electrons. The molecule has 5 nitrogen and oxygen atoms in total. The molecule has 15 heavy (non-hydrogen) atoms. The van der Waals surface area contributed by atoms with Crippen LogP contribution in [0.3, 0.4) is 0 Å². The van der Waals surface area contributed by atoms with Crippen LogP contribution in [0.1, 0.15) is 38.1 Å². The van der Waals surface area contributed by atoms with Crippen molar-refractivity contribution >= 4 is 5.97 Å². The molecule has 1 fully saturated rings. The van der Waals surface area contributed by atoms with Crippen LogP contribution in [0, 0.1) is 5.92 Å². The molecule has 1 saturated carbocycles. The van der Waals surface area contributed by atoms with Crippen LogP contribution in [0.15, 0.2) is 12.4 Å². The Morgan fingerprint density at radius 3 is 3.07 bits per heavy atom. The van der Waals surface area contributed by atoms with E-state index in [9.17, 15) is 4.79 Å². The van der Waals surface area contributed by atoms with Gasteiger partial charge in [0.25, 0.3) is 0 Å². The van der Waals surface area contributed by atoms with E-state index in [4.69, 9.17) is 5.11 Å². The molecular formula is C10H15N3O2. The number of hydrogen-bond acceptors (Lipinski definition) is 3. The fraction of sp³-hybridized carbons (Fsp3) is 0.700. The third-order valence-corrected chi connectivity index (χ3v) is 3.13. The minimum absolute atomic E-state index is 0.260. The monoisotopic (exact) mass is 209 g/mol. The number of rotatable bonds is 4. The van der Waals surface area contributed by atoms with E-state index in [1.807, 2.05) is 10.9 Å². The average molecular weight is 209 g/mol. The van der Waals surface area contributed by atoms with Gasteiger partial charge in [0.2, 0.25) is 0 Å². The number of carboxylic acids is 1. The van der Waals surface area contributed by atoms with Crippen molar-refractivity contribution in [2.75, 3.05) is 0 Å². The van der Waals surface area contributed by atoms with Crippen LogP contribution in [0.25, 0.3) is 0 Å². The first kappa shape index (κ1) is 10.1. The summed E-state index contributed by atoms with van der Waals surface area (Å²) in [7, 11) is 0. The molecule has 1 aromatic rings. The van der Waals surface area contributed by atoms with E-state index >= 15 is 0 Å². The van der Waals surface area contributed by atoms with Crippen LogP contribution in [-0.4, -0.2) is 26.1 Å². The maximum Gasteiger partial charge on any atom is 0.303 e. The van der Waals surface area contributed by atoms with Crippen molar-refractivity contribution in [3.63, 3.8) is 0 Å². The average Bonchev–Trinajstić information content (AvgIpc) is 2.85. The molecule has 1 aliphatic rings. The van der Waals surface area contributed by atoms with Gasteiger partial charge in [0, 0.05) is 12.6 Å².